The number of likely N-dealkylation sites (N-methyl/N-ethyl adjacent to an activating group) is 1. The summed E-state index contributed by atoms with van der Waals surface area (Å²) in [6, 6.07) is 9.43. The number of hydroxylamine groups is 2. The summed E-state index contributed by atoms with van der Waals surface area (Å²) < 4.78 is 5.39. The molecule has 0 saturated carbocycles. The van der Waals surface area contributed by atoms with Crippen molar-refractivity contribution in [2.45, 2.75) is 51.2 Å². The average molecular weight is 403 g/mol. The standard InChI is InChI=1S/C21H29N3O5/c1-2-24(28)19(26)21(23-13-7-6-10-18(23)25)11-14-22(15-12-21)20(27)29-16-17-8-4-3-5-9-17/h3-5,8-9,28H,2,6-7,10-16H2,1H3. The van der Waals surface area contributed by atoms with Gasteiger partial charge in [0, 0.05) is 32.6 Å². The van der Waals surface area contributed by atoms with Crippen LogP contribution in [0.1, 0.15) is 44.6 Å². The molecule has 2 saturated heterocycles. The minimum absolute atomic E-state index is 0.0609. The Balaban J connectivity index is 1.67. The molecule has 0 aromatic heterocycles. The van der Waals surface area contributed by atoms with Crippen molar-refractivity contribution in [1.29, 1.82) is 0 Å². The third-order valence-electron chi connectivity index (χ3n) is 5.83. The molecule has 0 spiro atoms. The Hall–Kier alpha value is -2.61. The molecule has 8 nitrogen and oxygen atoms in total. The molecule has 1 aromatic rings. The molecule has 3 rings (SSSR count). The van der Waals surface area contributed by atoms with Crippen LogP contribution in [0.5, 0.6) is 0 Å². The quantitative estimate of drug-likeness (QED) is 0.602. The smallest absolute Gasteiger partial charge is 0.410 e. The van der Waals surface area contributed by atoms with E-state index < -0.39 is 17.5 Å². The molecule has 3 amide bonds. The number of hydrogen-bond acceptors (Lipinski definition) is 5. The van der Waals surface area contributed by atoms with Crippen LogP contribution < -0.4 is 0 Å². The summed E-state index contributed by atoms with van der Waals surface area (Å²) in [6.45, 7) is 3.10. The Bertz CT molecular complexity index is 731. The van der Waals surface area contributed by atoms with Crippen molar-refractivity contribution < 1.29 is 24.3 Å². The number of benzene rings is 1. The van der Waals surface area contributed by atoms with Crippen LogP contribution in [0.15, 0.2) is 30.3 Å². The van der Waals surface area contributed by atoms with E-state index >= 15 is 0 Å². The van der Waals surface area contributed by atoms with Crippen LogP contribution in [-0.2, 0) is 20.9 Å². The Kier molecular flexibility index (Phi) is 6.74. The van der Waals surface area contributed by atoms with Gasteiger partial charge in [-0.15, -0.1) is 0 Å². The zero-order valence-corrected chi connectivity index (χ0v) is 16.9. The van der Waals surface area contributed by atoms with Crippen molar-refractivity contribution in [2.24, 2.45) is 0 Å². The number of nitrogens with zero attached hydrogens (tertiary/aromatic N) is 3. The van der Waals surface area contributed by atoms with Gasteiger partial charge in [0.25, 0.3) is 5.91 Å². The van der Waals surface area contributed by atoms with Crippen molar-refractivity contribution in [3.05, 3.63) is 35.9 Å². The summed E-state index contributed by atoms with van der Waals surface area (Å²) in [5.74, 6) is -0.526. The first-order valence-electron chi connectivity index (χ1n) is 10.2. The fourth-order valence-electron chi connectivity index (χ4n) is 4.11. The number of ether oxygens (including phenoxy) is 1. The molecule has 2 heterocycles. The number of likely N-dealkylation sites (tertiary alicyclic amines) is 2. The first kappa shape index (κ1) is 21.1. The maximum Gasteiger partial charge on any atom is 0.410 e. The molecule has 0 radical (unpaired) electrons. The van der Waals surface area contributed by atoms with E-state index in [2.05, 4.69) is 0 Å². The molecule has 0 unspecified atom stereocenters. The fourth-order valence-corrected chi connectivity index (χ4v) is 4.11. The number of piperidine rings is 2. The van der Waals surface area contributed by atoms with E-state index in [9.17, 15) is 19.6 Å². The van der Waals surface area contributed by atoms with E-state index in [-0.39, 0.29) is 31.9 Å². The highest BCUT2D eigenvalue weighted by Gasteiger charge is 2.50. The minimum atomic E-state index is -1.10. The fraction of sp³-hybridized carbons (Fsp3) is 0.571. The molecule has 29 heavy (non-hydrogen) atoms. The van der Waals surface area contributed by atoms with E-state index in [0.717, 1.165) is 18.4 Å². The van der Waals surface area contributed by atoms with Crippen LogP contribution in [0.2, 0.25) is 0 Å². The molecule has 0 aliphatic carbocycles. The molecule has 8 heteroatoms. The highest BCUT2D eigenvalue weighted by molar-refractivity contribution is 5.91. The molecule has 2 fully saturated rings. The Morgan fingerprint density at radius 3 is 2.45 bits per heavy atom. The predicted octanol–water partition coefficient (Wildman–Crippen LogP) is 2.41. The average Bonchev–Trinajstić information content (AvgIpc) is 2.77. The highest BCUT2D eigenvalue weighted by Crippen LogP contribution is 2.34. The second-order valence-electron chi connectivity index (χ2n) is 7.58. The first-order chi connectivity index (χ1) is 14.0. The van der Waals surface area contributed by atoms with Gasteiger partial charge in [-0.1, -0.05) is 30.3 Å². The molecule has 1 N–H and O–H groups in total. The summed E-state index contributed by atoms with van der Waals surface area (Å²) in [6.07, 6.45) is 2.20. The summed E-state index contributed by atoms with van der Waals surface area (Å²) in [7, 11) is 0. The van der Waals surface area contributed by atoms with Gasteiger partial charge < -0.3 is 14.5 Å². The SMILES string of the molecule is CCN(O)C(=O)C1(N2CCCCC2=O)CCN(C(=O)OCc2ccccc2)CC1. The van der Waals surface area contributed by atoms with Gasteiger partial charge in [-0.25, -0.2) is 9.86 Å². The number of hydrogen-bond donors (Lipinski definition) is 1. The predicted molar refractivity (Wildman–Crippen MR) is 105 cm³/mol. The second kappa shape index (κ2) is 9.26. The molecule has 158 valence electrons. The summed E-state index contributed by atoms with van der Waals surface area (Å²) in [4.78, 5) is 41.2. The van der Waals surface area contributed by atoms with Gasteiger partial charge in [0.15, 0.2) is 0 Å². The molecule has 0 atom stereocenters. The number of carbonyl (C=O) groups excluding carboxylic acids is 3. The summed E-state index contributed by atoms with van der Waals surface area (Å²) in [5.41, 5.74) is -0.196. The topological polar surface area (TPSA) is 90.4 Å². The normalized spacial score (nSPS) is 19.0. The maximum absolute atomic E-state index is 13.0. The van der Waals surface area contributed by atoms with Crippen LogP contribution >= 0.6 is 0 Å². The summed E-state index contributed by atoms with van der Waals surface area (Å²) in [5, 5.41) is 10.8. The van der Waals surface area contributed by atoms with E-state index in [1.807, 2.05) is 30.3 Å². The zero-order chi connectivity index (χ0) is 20.9. The largest absolute Gasteiger partial charge is 0.445 e. The third kappa shape index (κ3) is 4.53. The Labute approximate surface area is 171 Å². The lowest BCUT2D eigenvalue weighted by Gasteiger charge is -2.49. The zero-order valence-electron chi connectivity index (χ0n) is 16.9. The van der Waals surface area contributed by atoms with Crippen LogP contribution in [0.3, 0.4) is 0 Å². The highest BCUT2D eigenvalue weighted by atomic mass is 16.6. The molecule has 0 bridgehead atoms. The molecule has 2 aliphatic heterocycles. The van der Waals surface area contributed by atoms with Crippen LogP contribution in [0.25, 0.3) is 0 Å². The van der Waals surface area contributed by atoms with Gasteiger partial charge in [-0.3, -0.25) is 14.8 Å². The minimum Gasteiger partial charge on any atom is -0.445 e. The van der Waals surface area contributed by atoms with Crippen molar-refractivity contribution >= 4 is 17.9 Å². The van der Waals surface area contributed by atoms with Crippen molar-refractivity contribution in [3.8, 4) is 0 Å². The van der Waals surface area contributed by atoms with Gasteiger partial charge >= 0.3 is 6.09 Å². The number of rotatable bonds is 5. The molecular weight excluding hydrogens is 374 g/mol. The first-order valence-corrected chi connectivity index (χ1v) is 10.2. The maximum atomic E-state index is 13.0. The third-order valence-corrected chi connectivity index (χ3v) is 5.83. The lowest BCUT2D eigenvalue weighted by molar-refractivity contribution is -0.185. The van der Waals surface area contributed by atoms with Gasteiger partial charge in [0.2, 0.25) is 5.91 Å². The van der Waals surface area contributed by atoms with Gasteiger partial charge in [0.1, 0.15) is 12.1 Å². The van der Waals surface area contributed by atoms with Crippen molar-refractivity contribution in [3.63, 3.8) is 0 Å². The van der Waals surface area contributed by atoms with Crippen LogP contribution in [0.4, 0.5) is 4.79 Å². The van der Waals surface area contributed by atoms with Gasteiger partial charge in [-0.2, -0.15) is 0 Å². The Morgan fingerprint density at radius 1 is 1.14 bits per heavy atom. The van der Waals surface area contributed by atoms with Crippen molar-refractivity contribution in [1.82, 2.24) is 14.9 Å². The van der Waals surface area contributed by atoms with Crippen LogP contribution in [-0.4, -0.2) is 69.7 Å². The van der Waals surface area contributed by atoms with Gasteiger partial charge in [0.05, 0.1) is 0 Å². The Morgan fingerprint density at radius 2 is 1.83 bits per heavy atom. The van der Waals surface area contributed by atoms with Crippen molar-refractivity contribution in [2.75, 3.05) is 26.2 Å². The second-order valence-corrected chi connectivity index (χ2v) is 7.58. The van der Waals surface area contributed by atoms with E-state index in [0.29, 0.717) is 31.1 Å². The van der Waals surface area contributed by atoms with Crippen LogP contribution in [0, 0.1) is 0 Å². The van der Waals surface area contributed by atoms with E-state index in [1.54, 1.807) is 16.7 Å². The number of carbonyl (C=O) groups is 3. The lowest BCUT2D eigenvalue weighted by Crippen LogP contribution is -2.66. The molecule has 1 aromatic carbocycles. The van der Waals surface area contributed by atoms with E-state index in [1.165, 1.54) is 0 Å². The monoisotopic (exact) mass is 403 g/mol. The molecular formula is C21H29N3O5. The summed E-state index contributed by atoms with van der Waals surface area (Å²) >= 11 is 0. The van der Waals surface area contributed by atoms with E-state index in [4.69, 9.17) is 4.74 Å². The lowest BCUT2D eigenvalue weighted by atomic mass is 9.83. The molecule has 2 aliphatic rings. The van der Waals surface area contributed by atoms with Gasteiger partial charge in [-0.05, 0) is 38.2 Å². The number of amides is 3.